The fourth-order valence-corrected chi connectivity index (χ4v) is 5.20. The van der Waals surface area contributed by atoms with Gasteiger partial charge >= 0.3 is 0 Å². The molecule has 0 spiro atoms. The lowest BCUT2D eigenvalue weighted by Gasteiger charge is -2.38. The van der Waals surface area contributed by atoms with Crippen molar-refractivity contribution in [3.63, 3.8) is 0 Å². The van der Waals surface area contributed by atoms with Crippen LogP contribution in [0.15, 0.2) is 65.1 Å². The van der Waals surface area contributed by atoms with Crippen molar-refractivity contribution < 1.29 is 23.4 Å². The first-order chi connectivity index (χ1) is 18.4. The second-order valence-corrected chi connectivity index (χ2v) is 9.51. The van der Waals surface area contributed by atoms with Crippen LogP contribution in [0.25, 0.3) is 11.5 Å². The quantitative estimate of drug-likeness (QED) is 0.288. The van der Waals surface area contributed by atoms with Gasteiger partial charge in [0.2, 0.25) is 11.8 Å². The van der Waals surface area contributed by atoms with Gasteiger partial charge in [0.15, 0.2) is 11.5 Å². The molecule has 2 heterocycles. The Morgan fingerprint density at radius 1 is 1.00 bits per heavy atom. The molecule has 1 aliphatic heterocycles. The van der Waals surface area contributed by atoms with Crippen LogP contribution in [0.1, 0.15) is 34.2 Å². The fraction of sp³-hybridized carbons (Fsp3) is 0.267. The lowest BCUT2D eigenvalue weighted by Crippen LogP contribution is -2.41. The van der Waals surface area contributed by atoms with E-state index < -0.39 is 0 Å². The molecule has 8 heteroatoms. The van der Waals surface area contributed by atoms with Gasteiger partial charge in [-0.2, -0.15) is 0 Å². The van der Waals surface area contributed by atoms with Crippen LogP contribution in [-0.2, 0) is 17.6 Å². The van der Waals surface area contributed by atoms with Gasteiger partial charge in [-0.15, -0.1) is 0 Å². The van der Waals surface area contributed by atoms with Crippen LogP contribution in [0, 0.1) is 6.92 Å². The predicted molar refractivity (Wildman–Crippen MR) is 145 cm³/mol. The Hall–Kier alpha value is -3.97. The van der Waals surface area contributed by atoms with Crippen molar-refractivity contribution >= 4 is 17.5 Å². The van der Waals surface area contributed by atoms with Crippen molar-refractivity contribution in [3.05, 3.63) is 93.8 Å². The third-order valence-corrected chi connectivity index (χ3v) is 7.27. The molecular formula is C30H29ClN2O5. The van der Waals surface area contributed by atoms with Gasteiger partial charge in [-0.25, -0.2) is 4.98 Å². The molecule has 4 aromatic rings. The number of carbonyl (C=O) groups is 1. The predicted octanol–water partition coefficient (Wildman–Crippen LogP) is 6.05. The van der Waals surface area contributed by atoms with Gasteiger partial charge in [-0.05, 0) is 66.4 Å². The smallest absolute Gasteiger partial charge is 0.229 e. The number of aromatic nitrogens is 1. The minimum Gasteiger partial charge on any atom is -0.497 e. The summed E-state index contributed by atoms with van der Waals surface area (Å²) in [6, 6.07) is 18.7. The molecule has 0 fully saturated rings. The average molecular weight is 533 g/mol. The zero-order valence-electron chi connectivity index (χ0n) is 21.8. The summed E-state index contributed by atoms with van der Waals surface area (Å²) < 4.78 is 22.4. The minimum absolute atomic E-state index is 0.0658. The van der Waals surface area contributed by atoms with Crippen molar-refractivity contribution in [2.24, 2.45) is 0 Å². The van der Waals surface area contributed by atoms with Crippen molar-refractivity contribution in [2.45, 2.75) is 25.8 Å². The molecule has 1 amide bonds. The standard InChI is InChI=1S/C30H29ClN2O5/c1-18-25(32-30(38-18)20-8-7-9-21(14-20)35-2)17-28(34)33-13-12-19-15-26(36-3)27(37-4)16-23(19)29(33)22-10-5-6-11-24(22)31/h5-11,14-16,29H,12-13,17H2,1-4H3. The molecule has 0 bridgehead atoms. The Labute approximate surface area is 226 Å². The topological polar surface area (TPSA) is 74.0 Å². The highest BCUT2D eigenvalue weighted by atomic mass is 35.5. The lowest BCUT2D eigenvalue weighted by atomic mass is 9.87. The monoisotopic (exact) mass is 532 g/mol. The summed E-state index contributed by atoms with van der Waals surface area (Å²) in [6.07, 6.45) is 0.776. The number of oxazole rings is 1. The minimum atomic E-state index is -0.384. The van der Waals surface area contributed by atoms with Gasteiger partial charge in [-0.3, -0.25) is 4.79 Å². The van der Waals surface area contributed by atoms with Crippen LogP contribution >= 0.6 is 11.6 Å². The number of hydrogen-bond donors (Lipinski definition) is 0. The van der Waals surface area contributed by atoms with Crippen LogP contribution in [0.3, 0.4) is 0 Å². The van der Waals surface area contributed by atoms with Crippen molar-refractivity contribution in [1.82, 2.24) is 9.88 Å². The van der Waals surface area contributed by atoms with Crippen LogP contribution in [0.4, 0.5) is 0 Å². The summed E-state index contributed by atoms with van der Waals surface area (Å²) in [6.45, 7) is 2.35. The zero-order valence-corrected chi connectivity index (χ0v) is 22.5. The number of hydrogen-bond acceptors (Lipinski definition) is 6. The van der Waals surface area contributed by atoms with Crippen LogP contribution in [-0.4, -0.2) is 43.7 Å². The van der Waals surface area contributed by atoms with E-state index in [1.807, 2.05) is 72.5 Å². The van der Waals surface area contributed by atoms with Gasteiger partial charge in [0, 0.05) is 17.1 Å². The Morgan fingerprint density at radius 3 is 2.50 bits per heavy atom. The molecular weight excluding hydrogens is 504 g/mol. The Bertz CT molecular complexity index is 1480. The number of ether oxygens (including phenoxy) is 3. The van der Waals surface area contributed by atoms with E-state index in [1.54, 1.807) is 21.3 Å². The highest BCUT2D eigenvalue weighted by molar-refractivity contribution is 6.31. The summed E-state index contributed by atoms with van der Waals surface area (Å²) in [4.78, 5) is 20.4. The third kappa shape index (κ3) is 4.82. The van der Waals surface area contributed by atoms with Crippen molar-refractivity contribution in [2.75, 3.05) is 27.9 Å². The number of benzene rings is 3. The Morgan fingerprint density at radius 2 is 1.76 bits per heavy atom. The molecule has 196 valence electrons. The summed E-state index contributed by atoms with van der Waals surface area (Å²) in [7, 11) is 4.84. The summed E-state index contributed by atoms with van der Waals surface area (Å²) >= 11 is 6.68. The Balaban J connectivity index is 1.51. The number of nitrogens with zero attached hydrogens (tertiary/aromatic N) is 2. The summed E-state index contributed by atoms with van der Waals surface area (Å²) in [5, 5.41) is 0.593. The average Bonchev–Trinajstić information content (AvgIpc) is 3.31. The van der Waals surface area contributed by atoms with E-state index in [0.717, 1.165) is 22.3 Å². The second-order valence-electron chi connectivity index (χ2n) is 9.10. The molecule has 0 aliphatic carbocycles. The second kappa shape index (κ2) is 10.8. The number of aryl methyl sites for hydroxylation is 1. The first kappa shape index (κ1) is 25.7. The van der Waals surface area contributed by atoms with E-state index in [1.165, 1.54) is 0 Å². The molecule has 0 N–H and O–H groups in total. The number of amides is 1. The number of fused-ring (bicyclic) bond motifs is 1. The van der Waals surface area contributed by atoms with Crippen molar-refractivity contribution in [3.8, 4) is 28.7 Å². The molecule has 0 saturated carbocycles. The van der Waals surface area contributed by atoms with Crippen LogP contribution < -0.4 is 14.2 Å². The molecule has 7 nitrogen and oxygen atoms in total. The first-order valence-corrected chi connectivity index (χ1v) is 12.7. The molecule has 0 radical (unpaired) electrons. The molecule has 1 aliphatic rings. The summed E-state index contributed by atoms with van der Waals surface area (Å²) in [5.74, 6) is 2.96. The van der Waals surface area contributed by atoms with Crippen LogP contribution in [0.2, 0.25) is 5.02 Å². The van der Waals surface area contributed by atoms with Gasteiger partial charge in [0.05, 0.1) is 39.5 Å². The van der Waals surface area contributed by atoms with Gasteiger partial charge < -0.3 is 23.5 Å². The number of carbonyl (C=O) groups excluding carboxylic acids is 1. The van der Waals surface area contributed by atoms with Gasteiger partial charge in [0.1, 0.15) is 11.5 Å². The summed E-state index contributed by atoms with van der Waals surface area (Å²) in [5.41, 5.74) is 4.29. The van der Waals surface area contributed by atoms with E-state index in [-0.39, 0.29) is 18.4 Å². The molecule has 1 unspecified atom stereocenters. The molecule has 1 aromatic heterocycles. The normalized spacial score (nSPS) is 14.7. The Kier molecular flexibility index (Phi) is 7.29. The highest BCUT2D eigenvalue weighted by Crippen LogP contribution is 2.43. The highest BCUT2D eigenvalue weighted by Gasteiger charge is 2.35. The number of halogens is 1. The van der Waals surface area contributed by atoms with E-state index in [4.69, 9.17) is 30.2 Å². The lowest BCUT2D eigenvalue weighted by molar-refractivity contribution is -0.132. The SMILES string of the molecule is COc1cccc(-c2nc(CC(=O)N3CCc4cc(OC)c(OC)cc4C3c3ccccc3Cl)c(C)o2)c1. The van der Waals surface area contributed by atoms with E-state index >= 15 is 0 Å². The van der Waals surface area contributed by atoms with E-state index in [9.17, 15) is 4.79 Å². The zero-order chi connectivity index (χ0) is 26.8. The van der Waals surface area contributed by atoms with Gasteiger partial charge in [0.25, 0.3) is 0 Å². The molecule has 5 rings (SSSR count). The molecule has 0 saturated heterocycles. The maximum absolute atomic E-state index is 13.9. The largest absolute Gasteiger partial charge is 0.497 e. The maximum Gasteiger partial charge on any atom is 0.229 e. The number of rotatable bonds is 7. The number of methoxy groups -OCH3 is 3. The van der Waals surface area contributed by atoms with Crippen molar-refractivity contribution in [1.29, 1.82) is 0 Å². The maximum atomic E-state index is 13.9. The molecule has 38 heavy (non-hydrogen) atoms. The molecule has 3 aromatic carbocycles. The fourth-order valence-electron chi connectivity index (χ4n) is 4.96. The third-order valence-electron chi connectivity index (χ3n) is 6.92. The van der Waals surface area contributed by atoms with Crippen LogP contribution in [0.5, 0.6) is 17.2 Å². The molecule has 1 atom stereocenters. The van der Waals surface area contributed by atoms with E-state index in [2.05, 4.69) is 4.98 Å². The van der Waals surface area contributed by atoms with E-state index in [0.29, 0.717) is 52.6 Å². The van der Waals surface area contributed by atoms with Gasteiger partial charge in [-0.1, -0.05) is 35.9 Å². The first-order valence-electron chi connectivity index (χ1n) is 12.3.